The van der Waals surface area contributed by atoms with Gasteiger partial charge in [0.15, 0.2) is 0 Å². The Morgan fingerprint density at radius 1 is 1.27 bits per heavy atom. The third-order valence-corrected chi connectivity index (χ3v) is 1.21. The van der Waals surface area contributed by atoms with Gasteiger partial charge in [0.25, 0.3) is 0 Å². The lowest BCUT2D eigenvalue weighted by Gasteiger charge is -2.13. The molecule has 0 unspecified atom stereocenters. The third kappa shape index (κ3) is 2.55. The second-order valence-electron chi connectivity index (χ2n) is 1.84. The first-order valence-electron chi connectivity index (χ1n) is 2.98. The largest absolute Gasteiger partial charge is 0.412 e. The summed E-state index contributed by atoms with van der Waals surface area (Å²) in [7, 11) is 1.52. The molecule has 0 heterocycles. The third-order valence-electron chi connectivity index (χ3n) is 1.21. The minimum absolute atomic E-state index is 0. The summed E-state index contributed by atoms with van der Waals surface area (Å²) in [4.78, 5) is 4.75. The second kappa shape index (κ2) is 4.68. The molecule has 1 aromatic rings. The SMILES string of the molecule is CON(N)c1ccccc1.O. The van der Waals surface area contributed by atoms with Crippen LogP contribution in [0, 0.1) is 0 Å². The van der Waals surface area contributed by atoms with Gasteiger partial charge in [-0.15, -0.1) is 0 Å². The van der Waals surface area contributed by atoms with E-state index in [0.717, 1.165) is 5.69 Å². The normalized spacial score (nSPS) is 8.55. The van der Waals surface area contributed by atoms with Crippen molar-refractivity contribution in [1.29, 1.82) is 0 Å². The van der Waals surface area contributed by atoms with Crippen LogP contribution in [0.25, 0.3) is 0 Å². The van der Waals surface area contributed by atoms with Gasteiger partial charge in [-0.3, -0.25) is 4.84 Å². The van der Waals surface area contributed by atoms with Gasteiger partial charge in [-0.1, -0.05) is 18.2 Å². The maximum Gasteiger partial charge on any atom is 0.0820 e. The van der Waals surface area contributed by atoms with Crippen LogP contribution in [0.5, 0.6) is 0 Å². The summed E-state index contributed by atoms with van der Waals surface area (Å²) in [6.45, 7) is 0. The molecular weight excluding hydrogens is 144 g/mol. The zero-order chi connectivity index (χ0) is 7.40. The van der Waals surface area contributed by atoms with Crippen molar-refractivity contribution in [1.82, 2.24) is 0 Å². The Morgan fingerprint density at radius 3 is 2.27 bits per heavy atom. The maximum atomic E-state index is 5.41. The summed E-state index contributed by atoms with van der Waals surface area (Å²) in [5.41, 5.74) is 0.838. The monoisotopic (exact) mass is 156 g/mol. The molecule has 4 heteroatoms. The van der Waals surface area contributed by atoms with E-state index in [2.05, 4.69) is 0 Å². The van der Waals surface area contributed by atoms with Crippen LogP contribution in [0.2, 0.25) is 0 Å². The lowest BCUT2D eigenvalue weighted by atomic mass is 10.3. The molecule has 0 saturated carbocycles. The van der Waals surface area contributed by atoms with Crippen molar-refractivity contribution < 1.29 is 10.3 Å². The molecule has 1 rings (SSSR count). The van der Waals surface area contributed by atoms with Crippen molar-refractivity contribution in [3.05, 3.63) is 30.3 Å². The molecule has 0 spiro atoms. The molecule has 0 saturated heterocycles. The van der Waals surface area contributed by atoms with Gasteiger partial charge in [0.1, 0.15) is 0 Å². The molecule has 0 amide bonds. The van der Waals surface area contributed by atoms with Gasteiger partial charge >= 0.3 is 0 Å². The van der Waals surface area contributed by atoms with Crippen molar-refractivity contribution >= 4 is 5.69 Å². The number of rotatable bonds is 2. The Morgan fingerprint density at radius 2 is 1.82 bits per heavy atom. The number of nitrogens with two attached hydrogens (primary N) is 1. The lowest BCUT2D eigenvalue weighted by molar-refractivity contribution is 0.168. The van der Waals surface area contributed by atoms with Crippen molar-refractivity contribution in [2.24, 2.45) is 5.84 Å². The number of hydrazine groups is 1. The number of hydrogen-bond donors (Lipinski definition) is 1. The van der Waals surface area contributed by atoms with Crippen LogP contribution in [0.15, 0.2) is 30.3 Å². The predicted octanol–water partition coefficient (Wildman–Crippen LogP) is 0.103. The lowest BCUT2D eigenvalue weighted by Crippen LogP contribution is -2.28. The molecular formula is C7H12N2O2. The second-order valence-corrected chi connectivity index (χ2v) is 1.84. The summed E-state index contributed by atoms with van der Waals surface area (Å²) in [6, 6.07) is 9.45. The van der Waals surface area contributed by atoms with Gasteiger partial charge < -0.3 is 5.48 Å². The van der Waals surface area contributed by atoms with E-state index in [4.69, 9.17) is 10.7 Å². The Bertz CT molecular complexity index is 191. The number of benzene rings is 1. The Labute approximate surface area is 65.4 Å². The quantitative estimate of drug-likeness (QED) is 0.487. The summed E-state index contributed by atoms with van der Waals surface area (Å²) < 4.78 is 0. The molecule has 0 aromatic heterocycles. The smallest absolute Gasteiger partial charge is 0.0820 e. The zero-order valence-corrected chi connectivity index (χ0v) is 6.32. The fourth-order valence-electron chi connectivity index (χ4n) is 0.680. The van der Waals surface area contributed by atoms with E-state index in [1.54, 1.807) is 0 Å². The highest BCUT2D eigenvalue weighted by molar-refractivity contribution is 5.41. The van der Waals surface area contributed by atoms with Crippen molar-refractivity contribution in [3.63, 3.8) is 0 Å². The van der Waals surface area contributed by atoms with Gasteiger partial charge in [-0.05, 0) is 12.1 Å². The number of nitrogens with zero attached hydrogens (tertiary/aromatic N) is 1. The van der Waals surface area contributed by atoms with Gasteiger partial charge in [0.2, 0.25) is 0 Å². The van der Waals surface area contributed by atoms with E-state index in [-0.39, 0.29) is 5.48 Å². The van der Waals surface area contributed by atoms with E-state index in [1.807, 2.05) is 30.3 Å². The molecule has 4 N–H and O–H groups in total. The first-order valence-corrected chi connectivity index (χ1v) is 2.98. The Balaban J connectivity index is 0.000001000. The number of anilines is 1. The zero-order valence-electron chi connectivity index (χ0n) is 6.32. The molecule has 11 heavy (non-hydrogen) atoms. The summed E-state index contributed by atoms with van der Waals surface area (Å²) in [5, 5.41) is 1.21. The maximum absolute atomic E-state index is 5.41. The topological polar surface area (TPSA) is 70.0 Å². The van der Waals surface area contributed by atoms with Crippen molar-refractivity contribution in [3.8, 4) is 0 Å². The Kier molecular flexibility index (Phi) is 4.21. The molecule has 0 atom stereocenters. The molecule has 0 aliphatic carbocycles. The number of para-hydroxylation sites is 1. The molecule has 0 aliphatic heterocycles. The minimum Gasteiger partial charge on any atom is -0.412 e. The van der Waals surface area contributed by atoms with Crippen LogP contribution in [0.1, 0.15) is 0 Å². The summed E-state index contributed by atoms with van der Waals surface area (Å²) in [5.74, 6) is 5.41. The molecule has 0 aliphatic rings. The first-order chi connectivity index (χ1) is 4.84. The van der Waals surface area contributed by atoms with Gasteiger partial charge in [-0.25, -0.2) is 5.84 Å². The van der Waals surface area contributed by atoms with Crippen LogP contribution in [0.4, 0.5) is 5.69 Å². The van der Waals surface area contributed by atoms with Crippen LogP contribution in [-0.4, -0.2) is 12.6 Å². The summed E-state index contributed by atoms with van der Waals surface area (Å²) in [6.07, 6.45) is 0. The molecule has 0 fully saturated rings. The first kappa shape index (κ1) is 9.90. The summed E-state index contributed by atoms with van der Waals surface area (Å²) >= 11 is 0. The van der Waals surface area contributed by atoms with Crippen LogP contribution in [-0.2, 0) is 4.84 Å². The highest BCUT2D eigenvalue weighted by atomic mass is 16.7. The standard InChI is InChI=1S/C7H10N2O.H2O/c1-10-9(8)7-5-3-2-4-6-7;/h2-6H,8H2,1H3;1H2. The average Bonchev–Trinajstić information content (AvgIpc) is 2.05. The minimum atomic E-state index is 0. The Hall–Kier alpha value is -1.10. The van der Waals surface area contributed by atoms with Crippen LogP contribution >= 0.6 is 0 Å². The average molecular weight is 156 g/mol. The highest BCUT2D eigenvalue weighted by Gasteiger charge is 1.94. The van der Waals surface area contributed by atoms with Crippen LogP contribution < -0.4 is 11.0 Å². The van der Waals surface area contributed by atoms with Crippen LogP contribution in [0.3, 0.4) is 0 Å². The molecule has 62 valence electrons. The van der Waals surface area contributed by atoms with E-state index in [0.29, 0.717) is 0 Å². The van der Waals surface area contributed by atoms with Crippen molar-refractivity contribution in [2.45, 2.75) is 0 Å². The predicted molar refractivity (Wildman–Crippen MR) is 43.7 cm³/mol. The molecule has 4 nitrogen and oxygen atoms in total. The van der Waals surface area contributed by atoms with E-state index in [9.17, 15) is 0 Å². The number of hydrogen-bond acceptors (Lipinski definition) is 3. The van der Waals surface area contributed by atoms with E-state index in [1.165, 1.54) is 12.3 Å². The van der Waals surface area contributed by atoms with E-state index < -0.39 is 0 Å². The fraction of sp³-hybridized carbons (Fsp3) is 0.143. The van der Waals surface area contributed by atoms with Gasteiger partial charge in [0.05, 0.1) is 12.8 Å². The van der Waals surface area contributed by atoms with E-state index >= 15 is 0 Å². The van der Waals surface area contributed by atoms with Gasteiger partial charge in [-0.2, -0.15) is 5.17 Å². The molecule has 0 bridgehead atoms. The molecule has 1 aromatic carbocycles. The van der Waals surface area contributed by atoms with Gasteiger partial charge in [0, 0.05) is 0 Å². The van der Waals surface area contributed by atoms with Crippen molar-refractivity contribution in [2.75, 3.05) is 12.3 Å². The highest BCUT2D eigenvalue weighted by Crippen LogP contribution is 2.07. The fourth-order valence-corrected chi connectivity index (χ4v) is 0.680. The molecule has 0 radical (unpaired) electrons.